The number of thioether (sulfide) groups is 1. The number of nitrogens with one attached hydrogen (secondary N) is 1. The number of rotatable bonds is 4. The zero-order valence-electron chi connectivity index (χ0n) is 15.6. The van der Waals surface area contributed by atoms with Crippen LogP contribution in [-0.4, -0.2) is 22.2 Å². The Balaban J connectivity index is 1.74. The predicted molar refractivity (Wildman–Crippen MR) is 109 cm³/mol. The Morgan fingerprint density at radius 1 is 1.21 bits per heavy atom. The van der Waals surface area contributed by atoms with E-state index < -0.39 is 5.91 Å². The quantitative estimate of drug-likeness (QED) is 0.633. The van der Waals surface area contributed by atoms with E-state index in [1.165, 1.54) is 0 Å². The van der Waals surface area contributed by atoms with Gasteiger partial charge in [-0.05, 0) is 61.9 Å². The monoisotopic (exact) mass is 394 g/mol. The molecule has 0 spiro atoms. The number of aryl methyl sites for hydroxylation is 1. The van der Waals surface area contributed by atoms with E-state index in [1.54, 1.807) is 24.5 Å². The van der Waals surface area contributed by atoms with Gasteiger partial charge in [-0.1, -0.05) is 6.07 Å². The van der Waals surface area contributed by atoms with E-state index in [4.69, 9.17) is 9.15 Å². The fourth-order valence-electron chi connectivity index (χ4n) is 3.01. The predicted octanol–water partition coefficient (Wildman–Crippen LogP) is 4.91. The number of fused-ring (bicyclic) bond motifs is 1. The molecule has 0 aliphatic carbocycles. The van der Waals surface area contributed by atoms with Crippen LogP contribution < -0.4 is 10.1 Å². The third-order valence-corrected chi connectivity index (χ3v) is 5.02. The highest BCUT2D eigenvalue weighted by Crippen LogP contribution is 2.34. The molecule has 0 radical (unpaired) electrons. The average Bonchev–Trinajstić information content (AvgIpc) is 3.18. The lowest BCUT2D eigenvalue weighted by atomic mass is 10.0. The minimum Gasteiger partial charge on any atom is -0.491 e. The van der Waals surface area contributed by atoms with Crippen LogP contribution in [0.25, 0.3) is 28.2 Å². The second kappa shape index (κ2) is 7.16. The van der Waals surface area contributed by atoms with Crippen molar-refractivity contribution in [1.82, 2.24) is 10.3 Å². The summed E-state index contributed by atoms with van der Waals surface area (Å²) in [6.45, 7) is 5.99. The maximum absolute atomic E-state index is 11.8. The van der Waals surface area contributed by atoms with E-state index in [-0.39, 0.29) is 11.3 Å². The van der Waals surface area contributed by atoms with Crippen molar-refractivity contribution in [3.05, 3.63) is 52.9 Å². The number of benzene rings is 1. The van der Waals surface area contributed by atoms with Crippen LogP contribution in [0.15, 0.2) is 46.0 Å². The van der Waals surface area contributed by atoms with Crippen molar-refractivity contribution in [1.29, 1.82) is 0 Å². The van der Waals surface area contributed by atoms with Gasteiger partial charge in [-0.25, -0.2) is 0 Å². The summed E-state index contributed by atoms with van der Waals surface area (Å²) in [5.41, 5.74) is 3.51. The lowest BCUT2D eigenvalue weighted by Gasteiger charge is -2.13. The summed E-state index contributed by atoms with van der Waals surface area (Å²) in [4.78, 5) is 27.7. The van der Waals surface area contributed by atoms with Crippen LogP contribution in [-0.2, 0) is 4.79 Å². The van der Waals surface area contributed by atoms with E-state index in [1.807, 2.05) is 39.0 Å². The maximum Gasteiger partial charge on any atom is 0.290 e. The largest absolute Gasteiger partial charge is 0.491 e. The van der Waals surface area contributed by atoms with Crippen molar-refractivity contribution in [3.8, 4) is 16.9 Å². The molecule has 3 heterocycles. The molecule has 142 valence electrons. The molecule has 1 aromatic carbocycles. The number of hydrogen-bond donors (Lipinski definition) is 1. The molecular weight excluding hydrogens is 376 g/mol. The average molecular weight is 394 g/mol. The number of carbonyl (C=O) groups excluding carboxylic acids is 2. The van der Waals surface area contributed by atoms with Gasteiger partial charge in [-0.15, -0.1) is 0 Å². The fraction of sp³-hybridized carbons (Fsp3) is 0.190. The summed E-state index contributed by atoms with van der Waals surface area (Å²) in [7, 11) is 0. The number of aromatic nitrogens is 1. The SMILES string of the molecule is Cc1cc(-c2cncc3cc(/C=C4\SC(=O)NC4=O)oc23)ccc1OC(C)C. The highest BCUT2D eigenvalue weighted by Gasteiger charge is 2.25. The standard InChI is InChI=1S/C21H18N2O4S/c1-11(2)26-17-5-4-13(6-12(17)3)16-10-22-9-14-7-15(27-19(14)16)8-18-20(24)23-21(25)28-18/h4-11H,1-3H3,(H,23,24,25)/b18-8-. The Bertz CT molecular complexity index is 1130. The van der Waals surface area contributed by atoms with Crippen LogP contribution in [0.1, 0.15) is 25.2 Å². The number of imide groups is 1. The molecule has 0 unspecified atom stereocenters. The van der Waals surface area contributed by atoms with Gasteiger partial charge in [-0.3, -0.25) is 19.9 Å². The lowest BCUT2D eigenvalue weighted by Crippen LogP contribution is -2.17. The number of carbonyl (C=O) groups is 2. The molecule has 2 amide bonds. The van der Waals surface area contributed by atoms with Crippen LogP contribution in [0.2, 0.25) is 0 Å². The Morgan fingerprint density at radius 3 is 2.71 bits per heavy atom. The molecule has 0 saturated carbocycles. The summed E-state index contributed by atoms with van der Waals surface area (Å²) < 4.78 is 11.8. The lowest BCUT2D eigenvalue weighted by molar-refractivity contribution is -0.115. The first kappa shape index (κ1) is 18.3. The van der Waals surface area contributed by atoms with Crippen LogP contribution in [0, 0.1) is 6.92 Å². The second-order valence-corrected chi connectivity index (χ2v) is 7.77. The van der Waals surface area contributed by atoms with Crippen molar-refractivity contribution in [2.45, 2.75) is 26.9 Å². The molecule has 1 saturated heterocycles. The summed E-state index contributed by atoms with van der Waals surface area (Å²) in [6, 6.07) is 7.76. The molecule has 0 bridgehead atoms. The van der Waals surface area contributed by atoms with E-state index in [9.17, 15) is 9.59 Å². The van der Waals surface area contributed by atoms with Gasteiger partial charge in [0.15, 0.2) is 0 Å². The van der Waals surface area contributed by atoms with Crippen molar-refractivity contribution >= 4 is 40.0 Å². The molecule has 28 heavy (non-hydrogen) atoms. The van der Waals surface area contributed by atoms with Gasteiger partial charge < -0.3 is 9.15 Å². The van der Waals surface area contributed by atoms with Gasteiger partial charge in [0, 0.05) is 29.4 Å². The van der Waals surface area contributed by atoms with E-state index in [0.717, 1.165) is 39.6 Å². The zero-order valence-corrected chi connectivity index (χ0v) is 16.4. The normalized spacial score (nSPS) is 15.6. The van der Waals surface area contributed by atoms with Crippen LogP contribution in [0.4, 0.5) is 4.79 Å². The zero-order chi connectivity index (χ0) is 19.8. The number of nitrogens with zero attached hydrogens (tertiary/aromatic N) is 1. The first-order valence-electron chi connectivity index (χ1n) is 8.81. The summed E-state index contributed by atoms with van der Waals surface area (Å²) >= 11 is 0.859. The van der Waals surface area contributed by atoms with Crippen molar-refractivity contribution < 1.29 is 18.7 Å². The second-order valence-electron chi connectivity index (χ2n) is 6.75. The van der Waals surface area contributed by atoms with Crippen molar-refractivity contribution in [2.75, 3.05) is 0 Å². The van der Waals surface area contributed by atoms with Gasteiger partial charge in [0.2, 0.25) is 0 Å². The molecular formula is C21H18N2O4S. The molecule has 1 N–H and O–H groups in total. The topological polar surface area (TPSA) is 81.4 Å². The highest BCUT2D eigenvalue weighted by molar-refractivity contribution is 8.18. The third kappa shape index (κ3) is 3.53. The minimum atomic E-state index is -0.412. The molecule has 1 aliphatic rings. The first-order valence-corrected chi connectivity index (χ1v) is 9.62. The molecule has 0 atom stereocenters. The van der Waals surface area contributed by atoms with Crippen LogP contribution in [0.3, 0.4) is 0 Å². The van der Waals surface area contributed by atoms with Crippen molar-refractivity contribution in [3.63, 3.8) is 0 Å². The van der Waals surface area contributed by atoms with Crippen LogP contribution in [0.5, 0.6) is 5.75 Å². The molecule has 1 aliphatic heterocycles. The highest BCUT2D eigenvalue weighted by atomic mass is 32.2. The minimum absolute atomic E-state index is 0.104. The van der Waals surface area contributed by atoms with Gasteiger partial charge in [0.05, 0.1) is 11.0 Å². The number of amides is 2. The molecule has 7 heteroatoms. The Hall–Kier alpha value is -3.06. The molecule has 4 rings (SSSR count). The Kier molecular flexibility index (Phi) is 4.68. The Labute approximate surface area is 166 Å². The Morgan fingerprint density at radius 2 is 2.04 bits per heavy atom. The first-order chi connectivity index (χ1) is 13.4. The van der Waals surface area contributed by atoms with Gasteiger partial charge in [-0.2, -0.15) is 0 Å². The fourth-order valence-corrected chi connectivity index (χ4v) is 3.67. The van der Waals surface area contributed by atoms with Gasteiger partial charge in [0.1, 0.15) is 17.1 Å². The summed E-state index contributed by atoms with van der Waals surface area (Å²) in [5, 5.41) is 2.67. The number of furan rings is 1. The molecule has 1 fully saturated rings. The summed E-state index contributed by atoms with van der Waals surface area (Å²) in [6.07, 6.45) is 5.13. The van der Waals surface area contributed by atoms with Crippen LogP contribution >= 0.6 is 11.8 Å². The smallest absolute Gasteiger partial charge is 0.290 e. The van der Waals surface area contributed by atoms with Gasteiger partial charge in [0.25, 0.3) is 11.1 Å². The molecule has 2 aromatic heterocycles. The van der Waals surface area contributed by atoms with Gasteiger partial charge >= 0.3 is 0 Å². The third-order valence-electron chi connectivity index (χ3n) is 4.21. The number of ether oxygens (including phenoxy) is 1. The van der Waals surface area contributed by atoms with E-state index >= 15 is 0 Å². The summed E-state index contributed by atoms with van der Waals surface area (Å²) in [5.74, 6) is 0.927. The molecule has 6 nitrogen and oxygen atoms in total. The van der Waals surface area contributed by atoms with E-state index in [0.29, 0.717) is 16.2 Å². The number of pyridine rings is 1. The molecule has 3 aromatic rings. The van der Waals surface area contributed by atoms with Crippen molar-refractivity contribution in [2.24, 2.45) is 0 Å². The maximum atomic E-state index is 11.8. The van der Waals surface area contributed by atoms with E-state index in [2.05, 4.69) is 10.3 Å². The number of hydrogen-bond acceptors (Lipinski definition) is 6.